The molecule has 0 aromatic carbocycles. The van der Waals surface area contributed by atoms with E-state index in [0.717, 1.165) is 13.0 Å². The third-order valence-electron chi connectivity index (χ3n) is 3.08. The van der Waals surface area contributed by atoms with Gasteiger partial charge in [-0.05, 0) is 25.0 Å². The Morgan fingerprint density at radius 1 is 1.05 bits per heavy atom. The summed E-state index contributed by atoms with van der Waals surface area (Å²) < 4.78 is 5.45. The van der Waals surface area contributed by atoms with Crippen molar-refractivity contribution < 1.29 is 14.6 Å². The fourth-order valence-corrected chi connectivity index (χ4v) is 1.89. The fraction of sp³-hybridized carbons (Fsp3) is 0.765. The SMILES string of the molecule is CCCCCCCCCCOCC=C=CCCC(=O)O. The van der Waals surface area contributed by atoms with Crippen molar-refractivity contribution in [2.45, 2.75) is 71.1 Å². The lowest BCUT2D eigenvalue weighted by Gasteiger charge is -2.02. The maximum atomic E-state index is 10.3. The van der Waals surface area contributed by atoms with Gasteiger partial charge in [0.15, 0.2) is 0 Å². The van der Waals surface area contributed by atoms with Gasteiger partial charge in [-0.2, -0.15) is 0 Å². The average molecular weight is 282 g/mol. The number of hydrogen-bond acceptors (Lipinski definition) is 2. The summed E-state index contributed by atoms with van der Waals surface area (Å²) in [6.45, 7) is 3.62. The van der Waals surface area contributed by atoms with Crippen LogP contribution in [0, 0.1) is 0 Å². The second-order valence-electron chi connectivity index (χ2n) is 5.06. The highest BCUT2D eigenvalue weighted by Gasteiger charge is 1.92. The first kappa shape index (κ1) is 18.9. The molecule has 0 amide bonds. The van der Waals surface area contributed by atoms with E-state index in [2.05, 4.69) is 12.7 Å². The highest BCUT2D eigenvalue weighted by atomic mass is 16.5. The summed E-state index contributed by atoms with van der Waals surface area (Å²) in [4.78, 5) is 10.3. The van der Waals surface area contributed by atoms with E-state index in [0.29, 0.717) is 13.0 Å². The van der Waals surface area contributed by atoms with Crippen LogP contribution in [0.1, 0.15) is 71.1 Å². The van der Waals surface area contributed by atoms with Crippen LogP contribution >= 0.6 is 0 Å². The topological polar surface area (TPSA) is 46.5 Å². The average Bonchev–Trinajstić information content (AvgIpc) is 2.43. The molecule has 0 saturated heterocycles. The summed E-state index contributed by atoms with van der Waals surface area (Å²) in [6.07, 6.45) is 14.7. The molecule has 0 rings (SSSR count). The van der Waals surface area contributed by atoms with E-state index in [9.17, 15) is 4.79 Å². The lowest BCUT2D eigenvalue weighted by Crippen LogP contribution is -1.94. The van der Waals surface area contributed by atoms with E-state index >= 15 is 0 Å². The van der Waals surface area contributed by atoms with Crippen LogP contribution in [-0.4, -0.2) is 24.3 Å². The Hall–Kier alpha value is -1.05. The lowest BCUT2D eigenvalue weighted by molar-refractivity contribution is -0.136. The Kier molecular flexibility index (Phi) is 15.2. The van der Waals surface area contributed by atoms with E-state index in [1.807, 2.05) is 6.08 Å². The van der Waals surface area contributed by atoms with Gasteiger partial charge in [-0.25, -0.2) is 0 Å². The van der Waals surface area contributed by atoms with Gasteiger partial charge in [-0.1, -0.05) is 51.9 Å². The molecule has 0 radical (unpaired) electrons. The number of hydrogen-bond donors (Lipinski definition) is 1. The van der Waals surface area contributed by atoms with Crippen molar-refractivity contribution in [3.8, 4) is 0 Å². The Bertz CT molecular complexity index is 278. The van der Waals surface area contributed by atoms with Gasteiger partial charge in [0.05, 0.1) is 6.61 Å². The molecule has 0 aromatic rings. The first-order valence-corrected chi connectivity index (χ1v) is 7.96. The zero-order valence-corrected chi connectivity index (χ0v) is 12.9. The van der Waals surface area contributed by atoms with E-state index in [1.54, 1.807) is 6.08 Å². The minimum atomic E-state index is -0.769. The highest BCUT2D eigenvalue weighted by molar-refractivity contribution is 5.66. The third-order valence-corrected chi connectivity index (χ3v) is 3.08. The maximum Gasteiger partial charge on any atom is 0.303 e. The first-order chi connectivity index (χ1) is 9.77. The van der Waals surface area contributed by atoms with Crippen LogP contribution < -0.4 is 0 Å². The second kappa shape index (κ2) is 16.0. The van der Waals surface area contributed by atoms with Gasteiger partial charge < -0.3 is 9.84 Å². The summed E-state index contributed by atoms with van der Waals surface area (Å²) in [7, 11) is 0. The van der Waals surface area contributed by atoms with Gasteiger partial charge >= 0.3 is 5.97 Å². The molecule has 0 aromatic heterocycles. The van der Waals surface area contributed by atoms with Crippen LogP contribution in [0.15, 0.2) is 17.9 Å². The molecule has 0 atom stereocenters. The number of ether oxygens (including phenoxy) is 1. The first-order valence-electron chi connectivity index (χ1n) is 7.96. The standard InChI is InChI=1S/C17H30O3/c1-2-3-4-5-6-7-9-12-15-20-16-13-10-8-11-14-17(18)19/h8,13H,2-7,9,11-12,14-16H2,1H3,(H,18,19). The zero-order chi connectivity index (χ0) is 14.9. The van der Waals surface area contributed by atoms with Crippen molar-refractivity contribution >= 4 is 5.97 Å². The van der Waals surface area contributed by atoms with E-state index in [4.69, 9.17) is 9.84 Å². The molecule has 3 heteroatoms. The van der Waals surface area contributed by atoms with E-state index in [1.165, 1.54) is 44.9 Å². The number of aliphatic carboxylic acids is 1. The van der Waals surface area contributed by atoms with Gasteiger partial charge in [0.2, 0.25) is 0 Å². The zero-order valence-electron chi connectivity index (χ0n) is 12.9. The van der Waals surface area contributed by atoms with Crippen molar-refractivity contribution in [1.82, 2.24) is 0 Å². The molecule has 0 aliphatic carbocycles. The molecule has 1 N–H and O–H groups in total. The molecule has 0 fully saturated rings. The largest absolute Gasteiger partial charge is 0.481 e. The molecule has 0 heterocycles. The summed E-state index contributed by atoms with van der Waals surface area (Å²) in [6, 6.07) is 0. The molecule has 0 bridgehead atoms. The molecule has 116 valence electrons. The van der Waals surface area contributed by atoms with Crippen molar-refractivity contribution in [3.05, 3.63) is 17.9 Å². The van der Waals surface area contributed by atoms with E-state index < -0.39 is 5.97 Å². The van der Waals surface area contributed by atoms with Crippen LogP contribution in [0.25, 0.3) is 0 Å². The third kappa shape index (κ3) is 16.9. The number of carboxylic acid groups (broad SMARTS) is 1. The van der Waals surface area contributed by atoms with Crippen LogP contribution in [0.2, 0.25) is 0 Å². The maximum absolute atomic E-state index is 10.3. The number of unbranched alkanes of at least 4 members (excludes halogenated alkanes) is 7. The van der Waals surface area contributed by atoms with Crippen LogP contribution in [0.3, 0.4) is 0 Å². The molecule has 0 aliphatic heterocycles. The van der Waals surface area contributed by atoms with Gasteiger partial charge in [-0.15, -0.1) is 5.73 Å². The summed E-state index contributed by atoms with van der Waals surface area (Å²) in [5, 5.41) is 8.43. The van der Waals surface area contributed by atoms with Crippen molar-refractivity contribution in [1.29, 1.82) is 0 Å². The van der Waals surface area contributed by atoms with Crippen molar-refractivity contribution in [2.75, 3.05) is 13.2 Å². The number of rotatable bonds is 14. The number of carboxylic acids is 1. The molecule has 3 nitrogen and oxygen atoms in total. The Balaban J connectivity index is 3.16. The Morgan fingerprint density at radius 3 is 2.35 bits per heavy atom. The summed E-state index contributed by atoms with van der Waals surface area (Å²) in [5.74, 6) is -0.769. The Labute approximate surface area is 123 Å². The van der Waals surface area contributed by atoms with Gasteiger partial charge in [0.25, 0.3) is 0 Å². The predicted molar refractivity (Wildman–Crippen MR) is 83.0 cm³/mol. The Morgan fingerprint density at radius 2 is 1.70 bits per heavy atom. The quantitative estimate of drug-likeness (QED) is 0.370. The van der Waals surface area contributed by atoms with Gasteiger partial charge in [-0.3, -0.25) is 4.79 Å². The van der Waals surface area contributed by atoms with Crippen molar-refractivity contribution in [2.24, 2.45) is 0 Å². The molecular formula is C17H30O3. The number of carbonyl (C=O) groups is 1. The normalized spacial score (nSPS) is 10.1. The second-order valence-corrected chi connectivity index (χ2v) is 5.06. The molecular weight excluding hydrogens is 252 g/mol. The minimum Gasteiger partial charge on any atom is -0.481 e. The van der Waals surface area contributed by atoms with Gasteiger partial charge in [0.1, 0.15) is 0 Å². The minimum absolute atomic E-state index is 0.167. The van der Waals surface area contributed by atoms with Crippen molar-refractivity contribution in [3.63, 3.8) is 0 Å². The van der Waals surface area contributed by atoms with E-state index in [-0.39, 0.29) is 6.42 Å². The van der Waals surface area contributed by atoms with Crippen LogP contribution in [0.5, 0.6) is 0 Å². The van der Waals surface area contributed by atoms with Crippen LogP contribution in [0.4, 0.5) is 0 Å². The summed E-state index contributed by atoms with van der Waals surface area (Å²) >= 11 is 0. The molecule has 0 spiro atoms. The fourth-order valence-electron chi connectivity index (χ4n) is 1.89. The predicted octanol–water partition coefficient (Wildman–Crippen LogP) is 4.72. The summed E-state index contributed by atoms with van der Waals surface area (Å²) in [5.41, 5.74) is 2.93. The molecule has 0 saturated carbocycles. The highest BCUT2D eigenvalue weighted by Crippen LogP contribution is 2.08. The smallest absolute Gasteiger partial charge is 0.303 e. The lowest BCUT2D eigenvalue weighted by atomic mass is 10.1. The monoisotopic (exact) mass is 282 g/mol. The van der Waals surface area contributed by atoms with Gasteiger partial charge in [0, 0.05) is 13.0 Å². The molecule has 20 heavy (non-hydrogen) atoms. The molecule has 0 aliphatic rings. The molecule has 0 unspecified atom stereocenters. The van der Waals surface area contributed by atoms with Crippen LogP contribution in [-0.2, 0) is 9.53 Å².